The third-order valence-electron chi connectivity index (χ3n) is 13.8. The Morgan fingerprint density at radius 1 is 0.292 bits per heavy atom. The zero-order valence-corrected chi connectivity index (χ0v) is 47.9. The number of ether oxygens (including phenoxy) is 3. The zero-order valence-electron chi connectivity index (χ0n) is 47.9. The first-order chi connectivity index (χ1) is 35.5. The van der Waals surface area contributed by atoms with Gasteiger partial charge in [-0.15, -0.1) is 0 Å². The molecule has 0 aromatic heterocycles. The van der Waals surface area contributed by atoms with Gasteiger partial charge in [0, 0.05) is 19.3 Å². The first-order valence-corrected chi connectivity index (χ1v) is 31.3. The van der Waals surface area contributed by atoms with E-state index in [2.05, 4.69) is 81.5 Å². The molecule has 0 saturated carbocycles. The summed E-state index contributed by atoms with van der Waals surface area (Å²) in [6, 6.07) is 0. The molecule has 418 valence electrons. The quantitative estimate of drug-likeness (QED) is 0.0261. The van der Waals surface area contributed by atoms with Crippen LogP contribution in [0.15, 0.2) is 60.8 Å². The highest BCUT2D eigenvalue weighted by Gasteiger charge is 2.19. The number of carbonyl (C=O) groups is 3. The lowest BCUT2D eigenvalue weighted by molar-refractivity contribution is -0.167. The van der Waals surface area contributed by atoms with Crippen molar-refractivity contribution < 1.29 is 28.6 Å². The van der Waals surface area contributed by atoms with Crippen molar-refractivity contribution in [1.29, 1.82) is 0 Å². The van der Waals surface area contributed by atoms with Crippen LogP contribution in [0.2, 0.25) is 0 Å². The predicted octanol–water partition coefficient (Wildman–Crippen LogP) is 21.2. The maximum absolute atomic E-state index is 12.9. The highest BCUT2D eigenvalue weighted by molar-refractivity contribution is 5.71. The van der Waals surface area contributed by atoms with E-state index in [9.17, 15) is 14.4 Å². The Hall–Kier alpha value is -2.89. The summed E-state index contributed by atoms with van der Waals surface area (Å²) in [4.78, 5) is 38.1. The number of allylic oxidation sites excluding steroid dienone is 10. The Morgan fingerprint density at radius 2 is 0.542 bits per heavy atom. The number of hydrogen-bond acceptors (Lipinski definition) is 6. The summed E-state index contributed by atoms with van der Waals surface area (Å²) < 4.78 is 16.8. The maximum atomic E-state index is 12.9. The summed E-state index contributed by atoms with van der Waals surface area (Å²) in [5, 5.41) is 0. The van der Waals surface area contributed by atoms with Crippen LogP contribution < -0.4 is 0 Å². The molecule has 0 aromatic carbocycles. The summed E-state index contributed by atoms with van der Waals surface area (Å²) in [5.41, 5.74) is 0. The van der Waals surface area contributed by atoms with E-state index in [1.807, 2.05) is 0 Å². The topological polar surface area (TPSA) is 78.9 Å². The molecule has 0 spiro atoms. The third-order valence-corrected chi connectivity index (χ3v) is 13.8. The van der Waals surface area contributed by atoms with Crippen LogP contribution in [-0.2, 0) is 28.6 Å². The summed E-state index contributed by atoms with van der Waals surface area (Å²) in [6.07, 6.45) is 76.8. The molecular formula is C66H118O6. The smallest absolute Gasteiger partial charge is 0.306 e. The fourth-order valence-electron chi connectivity index (χ4n) is 9.12. The summed E-state index contributed by atoms with van der Waals surface area (Å²) in [7, 11) is 0. The van der Waals surface area contributed by atoms with Gasteiger partial charge in [0.2, 0.25) is 0 Å². The van der Waals surface area contributed by atoms with Crippen LogP contribution in [0, 0.1) is 0 Å². The van der Waals surface area contributed by atoms with E-state index < -0.39 is 6.10 Å². The molecule has 0 radical (unpaired) electrons. The van der Waals surface area contributed by atoms with Crippen molar-refractivity contribution in [1.82, 2.24) is 0 Å². The molecule has 0 aliphatic heterocycles. The fourth-order valence-corrected chi connectivity index (χ4v) is 9.12. The molecule has 0 heterocycles. The molecule has 72 heavy (non-hydrogen) atoms. The second-order valence-electron chi connectivity index (χ2n) is 21.0. The van der Waals surface area contributed by atoms with Crippen molar-refractivity contribution >= 4 is 17.9 Å². The van der Waals surface area contributed by atoms with Gasteiger partial charge in [-0.05, 0) is 64.2 Å². The molecule has 0 aliphatic carbocycles. The Morgan fingerprint density at radius 3 is 0.847 bits per heavy atom. The molecule has 0 N–H and O–H groups in total. The zero-order chi connectivity index (χ0) is 52.2. The monoisotopic (exact) mass is 1010 g/mol. The normalized spacial score (nSPS) is 12.4. The molecule has 6 nitrogen and oxygen atoms in total. The van der Waals surface area contributed by atoms with Crippen molar-refractivity contribution in [3.63, 3.8) is 0 Å². The van der Waals surface area contributed by atoms with Gasteiger partial charge in [-0.3, -0.25) is 14.4 Å². The second kappa shape index (κ2) is 60.7. The molecule has 0 aliphatic rings. The van der Waals surface area contributed by atoms with Crippen LogP contribution in [0.25, 0.3) is 0 Å². The van der Waals surface area contributed by atoms with E-state index in [1.165, 1.54) is 186 Å². The van der Waals surface area contributed by atoms with Gasteiger partial charge in [0.25, 0.3) is 0 Å². The summed E-state index contributed by atoms with van der Waals surface area (Å²) >= 11 is 0. The first-order valence-electron chi connectivity index (χ1n) is 31.3. The van der Waals surface area contributed by atoms with Crippen molar-refractivity contribution in [3.05, 3.63) is 60.8 Å². The molecule has 0 rings (SSSR count). The lowest BCUT2D eigenvalue weighted by Crippen LogP contribution is -2.30. The van der Waals surface area contributed by atoms with Crippen molar-refractivity contribution in [2.75, 3.05) is 13.2 Å². The minimum atomic E-state index is -0.772. The van der Waals surface area contributed by atoms with Crippen molar-refractivity contribution in [2.24, 2.45) is 0 Å². The van der Waals surface area contributed by atoms with Gasteiger partial charge in [-0.25, -0.2) is 0 Å². The molecule has 0 saturated heterocycles. The summed E-state index contributed by atoms with van der Waals surface area (Å²) in [6.45, 7) is 6.52. The van der Waals surface area contributed by atoms with Gasteiger partial charge in [-0.2, -0.15) is 0 Å². The Labute approximate surface area is 447 Å². The number of rotatable bonds is 57. The van der Waals surface area contributed by atoms with Gasteiger partial charge >= 0.3 is 17.9 Å². The van der Waals surface area contributed by atoms with Gasteiger partial charge in [0.15, 0.2) is 6.10 Å². The van der Waals surface area contributed by atoms with Crippen LogP contribution in [0.3, 0.4) is 0 Å². The van der Waals surface area contributed by atoms with Crippen LogP contribution in [0.4, 0.5) is 0 Å². The van der Waals surface area contributed by atoms with Gasteiger partial charge in [0.05, 0.1) is 0 Å². The van der Waals surface area contributed by atoms with Crippen LogP contribution in [0.5, 0.6) is 0 Å². The standard InChI is InChI=1S/C66H118O6/c1-4-7-10-13-16-18-20-22-24-26-28-30-32-33-34-36-37-39-41-43-45-47-50-53-56-59-65(68)71-62-63(61-70-64(67)58-55-52-49-15-12-9-6-3)72-66(69)60-57-54-51-48-46-44-42-40-38-35-31-29-27-25-23-21-19-17-14-11-8-5-2/h7,10,16,18,22,24,28,30,33-34,63H,4-6,8-9,11-15,17,19-21,23,25-27,29,31-32,35-62H2,1-3H3/b10-7-,18-16-,24-22-,30-28-,34-33-. The first kappa shape index (κ1) is 69.1. The Balaban J connectivity index is 4.13. The minimum Gasteiger partial charge on any atom is -0.462 e. The predicted molar refractivity (Wildman–Crippen MR) is 312 cm³/mol. The highest BCUT2D eigenvalue weighted by atomic mass is 16.6. The van der Waals surface area contributed by atoms with E-state index in [0.29, 0.717) is 19.3 Å². The van der Waals surface area contributed by atoms with E-state index in [4.69, 9.17) is 14.2 Å². The molecule has 1 atom stereocenters. The average Bonchev–Trinajstić information content (AvgIpc) is 3.38. The lowest BCUT2D eigenvalue weighted by atomic mass is 10.0. The molecular weight excluding hydrogens is 889 g/mol. The van der Waals surface area contributed by atoms with E-state index in [0.717, 1.165) is 96.3 Å². The Bertz CT molecular complexity index is 1290. The largest absolute Gasteiger partial charge is 0.462 e. The van der Waals surface area contributed by atoms with Gasteiger partial charge < -0.3 is 14.2 Å². The van der Waals surface area contributed by atoms with Gasteiger partial charge in [-0.1, -0.05) is 300 Å². The average molecular weight is 1010 g/mol. The van der Waals surface area contributed by atoms with Crippen molar-refractivity contribution in [3.8, 4) is 0 Å². The van der Waals surface area contributed by atoms with Crippen LogP contribution in [-0.4, -0.2) is 37.2 Å². The second-order valence-corrected chi connectivity index (χ2v) is 21.0. The van der Waals surface area contributed by atoms with Crippen LogP contribution in [0.1, 0.15) is 323 Å². The number of esters is 3. The molecule has 0 bridgehead atoms. The van der Waals surface area contributed by atoms with E-state index >= 15 is 0 Å². The molecule has 6 heteroatoms. The fraction of sp³-hybridized carbons (Fsp3) is 0.803. The van der Waals surface area contributed by atoms with Gasteiger partial charge in [0.1, 0.15) is 13.2 Å². The molecule has 0 aromatic rings. The Kier molecular flexibility index (Phi) is 58.2. The molecule has 0 fully saturated rings. The van der Waals surface area contributed by atoms with Crippen LogP contribution >= 0.6 is 0 Å². The SMILES string of the molecule is CC/C=C\C/C=C\C/C=C\C/C=C\C/C=C\CCCCCCCCCCCC(=O)OCC(COC(=O)CCCCCCCCC)OC(=O)CCCCCCCCCCCCCCCCCCCCCCCC. The molecule has 1 unspecified atom stereocenters. The van der Waals surface area contributed by atoms with E-state index in [-0.39, 0.29) is 31.1 Å². The maximum Gasteiger partial charge on any atom is 0.306 e. The highest BCUT2D eigenvalue weighted by Crippen LogP contribution is 2.17. The number of hydrogen-bond donors (Lipinski definition) is 0. The third kappa shape index (κ3) is 58.0. The minimum absolute atomic E-state index is 0.0723. The molecule has 0 amide bonds. The van der Waals surface area contributed by atoms with Crippen molar-refractivity contribution in [2.45, 2.75) is 329 Å². The summed E-state index contributed by atoms with van der Waals surface area (Å²) in [5.74, 6) is -0.868. The lowest BCUT2D eigenvalue weighted by Gasteiger charge is -2.18. The number of carbonyl (C=O) groups excluding carboxylic acids is 3. The number of unbranched alkanes of at least 4 members (excludes halogenated alkanes) is 36. The van der Waals surface area contributed by atoms with E-state index in [1.54, 1.807) is 0 Å².